The van der Waals surface area contributed by atoms with Gasteiger partial charge in [-0.2, -0.15) is 0 Å². The second kappa shape index (κ2) is 7.71. The van der Waals surface area contributed by atoms with E-state index in [1.165, 1.54) is 12.8 Å². The number of carbonyl (C=O) groups is 1. The minimum Gasteiger partial charge on any atom is -0.472 e. The lowest BCUT2D eigenvalue weighted by atomic mass is 9.61. The van der Waals surface area contributed by atoms with E-state index in [9.17, 15) is 4.79 Å². The van der Waals surface area contributed by atoms with Gasteiger partial charge in [0.25, 0.3) is 5.91 Å². The molecule has 6 nitrogen and oxygen atoms in total. The Morgan fingerprint density at radius 1 is 1.31 bits per heavy atom. The Labute approximate surface area is 155 Å². The van der Waals surface area contributed by atoms with E-state index in [-0.39, 0.29) is 11.3 Å². The molecule has 3 atom stereocenters. The number of methoxy groups -OCH3 is 1. The van der Waals surface area contributed by atoms with Gasteiger partial charge in [-0.15, -0.1) is 0 Å². The molecule has 0 spiro atoms. The van der Waals surface area contributed by atoms with Crippen molar-refractivity contribution in [2.75, 3.05) is 53.1 Å². The fraction of sp³-hybridized carbons (Fsp3) is 0.750. The number of furan rings is 1. The topological polar surface area (TPSA) is 55.2 Å². The summed E-state index contributed by atoms with van der Waals surface area (Å²) in [5.74, 6) is 0.709. The largest absolute Gasteiger partial charge is 0.472 e. The average molecular weight is 362 g/mol. The summed E-state index contributed by atoms with van der Waals surface area (Å²) in [5.41, 5.74) is 0.743. The molecule has 2 saturated heterocycles. The first-order valence-corrected chi connectivity index (χ1v) is 9.84. The van der Waals surface area contributed by atoms with Gasteiger partial charge in [-0.1, -0.05) is 0 Å². The number of rotatable bonds is 4. The second-order valence-electron chi connectivity index (χ2n) is 8.10. The highest BCUT2D eigenvalue weighted by molar-refractivity contribution is 5.93. The summed E-state index contributed by atoms with van der Waals surface area (Å²) in [4.78, 5) is 17.4. The summed E-state index contributed by atoms with van der Waals surface area (Å²) in [5, 5.41) is 0. The van der Waals surface area contributed by atoms with Crippen molar-refractivity contribution in [3.05, 3.63) is 24.2 Å². The third kappa shape index (κ3) is 3.42. The minimum absolute atomic E-state index is 0.0861. The van der Waals surface area contributed by atoms with E-state index >= 15 is 0 Å². The van der Waals surface area contributed by atoms with Crippen molar-refractivity contribution >= 4 is 5.91 Å². The lowest BCUT2D eigenvalue weighted by Crippen LogP contribution is -2.58. The highest BCUT2D eigenvalue weighted by Gasteiger charge is 2.48. The Morgan fingerprint density at radius 2 is 2.15 bits per heavy atom. The molecule has 1 amide bonds. The van der Waals surface area contributed by atoms with E-state index in [2.05, 4.69) is 4.90 Å². The van der Waals surface area contributed by atoms with Crippen LogP contribution in [0.25, 0.3) is 0 Å². The fourth-order valence-corrected chi connectivity index (χ4v) is 5.30. The summed E-state index contributed by atoms with van der Waals surface area (Å²) in [6.45, 7) is 6.19. The van der Waals surface area contributed by atoms with Gasteiger partial charge in [0.2, 0.25) is 0 Å². The van der Waals surface area contributed by atoms with Gasteiger partial charge in [0.15, 0.2) is 0 Å². The summed E-state index contributed by atoms with van der Waals surface area (Å²) < 4.78 is 16.3. The maximum atomic E-state index is 12.8. The number of hydrogen-bond donors (Lipinski definition) is 0. The number of hydrogen-bond acceptors (Lipinski definition) is 5. The van der Waals surface area contributed by atoms with Gasteiger partial charge in [0.05, 0.1) is 31.6 Å². The van der Waals surface area contributed by atoms with Crippen molar-refractivity contribution in [1.82, 2.24) is 9.80 Å². The molecule has 0 N–H and O–H groups in total. The Hall–Kier alpha value is -1.37. The SMILES string of the molecule is COCC12CCC(N3CCOCC3)CC1CCN(C(=O)c1ccoc1)C2. The van der Waals surface area contributed by atoms with E-state index in [0.717, 1.165) is 58.8 Å². The number of morpholine rings is 1. The van der Waals surface area contributed by atoms with Crippen molar-refractivity contribution in [2.45, 2.75) is 31.7 Å². The van der Waals surface area contributed by atoms with Gasteiger partial charge in [-0.25, -0.2) is 0 Å². The lowest BCUT2D eigenvalue weighted by molar-refractivity contribution is -0.0792. The van der Waals surface area contributed by atoms with Crippen molar-refractivity contribution in [3.8, 4) is 0 Å². The van der Waals surface area contributed by atoms with Gasteiger partial charge < -0.3 is 18.8 Å². The first-order valence-electron chi connectivity index (χ1n) is 9.84. The van der Waals surface area contributed by atoms with Gasteiger partial charge in [0, 0.05) is 44.7 Å². The normalized spacial score (nSPS) is 33.0. The van der Waals surface area contributed by atoms with E-state index in [1.54, 1.807) is 25.7 Å². The first-order chi connectivity index (χ1) is 12.7. The third-order valence-corrected chi connectivity index (χ3v) is 6.70. The van der Waals surface area contributed by atoms with Crippen LogP contribution in [0.4, 0.5) is 0 Å². The van der Waals surface area contributed by atoms with Gasteiger partial charge in [0.1, 0.15) is 6.26 Å². The van der Waals surface area contributed by atoms with Crippen molar-refractivity contribution in [1.29, 1.82) is 0 Å². The molecule has 3 fully saturated rings. The standard InChI is InChI=1S/C20H30N2O4/c1-24-15-20-5-2-18(21-7-10-25-11-8-21)12-17(20)3-6-22(14-20)19(23)16-4-9-26-13-16/h4,9,13,17-18H,2-3,5-8,10-12,14-15H2,1H3. The van der Waals surface area contributed by atoms with Crippen LogP contribution >= 0.6 is 0 Å². The van der Waals surface area contributed by atoms with Crippen LogP contribution in [-0.2, 0) is 9.47 Å². The summed E-state index contributed by atoms with van der Waals surface area (Å²) in [6, 6.07) is 2.41. The highest BCUT2D eigenvalue weighted by atomic mass is 16.5. The molecule has 0 aromatic carbocycles. The monoisotopic (exact) mass is 362 g/mol. The quantitative estimate of drug-likeness (QED) is 0.822. The number of piperidine rings is 1. The Morgan fingerprint density at radius 3 is 2.88 bits per heavy atom. The van der Waals surface area contributed by atoms with Gasteiger partial charge in [-0.3, -0.25) is 9.69 Å². The molecule has 1 saturated carbocycles. The minimum atomic E-state index is 0.0861. The summed E-state index contributed by atoms with van der Waals surface area (Å²) >= 11 is 0. The number of amides is 1. The van der Waals surface area contributed by atoms with Crippen molar-refractivity contribution in [2.24, 2.45) is 11.3 Å². The molecule has 1 aromatic heterocycles. The van der Waals surface area contributed by atoms with Crippen LogP contribution in [0.5, 0.6) is 0 Å². The Bertz CT molecular complexity index is 599. The molecule has 26 heavy (non-hydrogen) atoms. The molecule has 2 aliphatic heterocycles. The smallest absolute Gasteiger partial charge is 0.257 e. The van der Waals surface area contributed by atoms with E-state index in [1.807, 2.05) is 4.90 Å². The zero-order chi connectivity index (χ0) is 18.0. The van der Waals surface area contributed by atoms with E-state index < -0.39 is 0 Å². The highest BCUT2D eigenvalue weighted by Crippen LogP contribution is 2.48. The molecule has 1 aromatic rings. The maximum Gasteiger partial charge on any atom is 0.257 e. The molecular formula is C20H30N2O4. The van der Waals surface area contributed by atoms with Crippen LogP contribution in [0.1, 0.15) is 36.0 Å². The molecule has 4 rings (SSSR count). The average Bonchev–Trinajstić information content (AvgIpc) is 3.22. The molecule has 1 aliphatic carbocycles. The number of carbonyl (C=O) groups excluding carboxylic acids is 1. The molecule has 3 heterocycles. The van der Waals surface area contributed by atoms with Gasteiger partial charge in [-0.05, 0) is 37.7 Å². The lowest BCUT2D eigenvalue weighted by Gasteiger charge is -2.54. The van der Waals surface area contributed by atoms with Crippen LogP contribution < -0.4 is 0 Å². The van der Waals surface area contributed by atoms with Crippen LogP contribution in [0.2, 0.25) is 0 Å². The first kappa shape index (κ1) is 18.0. The number of nitrogens with zero attached hydrogens (tertiary/aromatic N) is 2. The number of ether oxygens (including phenoxy) is 2. The predicted molar refractivity (Wildman–Crippen MR) is 97.1 cm³/mol. The predicted octanol–water partition coefficient (Wildman–Crippen LogP) is 2.26. The molecular weight excluding hydrogens is 332 g/mol. The summed E-state index contributed by atoms with van der Waals surface area (Å²) in [6.07, 6.45) is 7.71. The zero-order valence-electron chi connectivity index (χ0n) is 15.7. The molecule has 3 aliphatic rings. The van der Waals surface area contributed by atoms with Crippen molar-refractivity contribution in [3.63, 3.8) is 0 Å². The molecule has 6 heteroatoms. The second-order valence-corrected chi connectivity index (χ2v) is 8.10. The zero-order valence-corrected chi connectivity index (χ0v) is 15.7. The third-order valence-electron chi connectivity index (χ3n) is 6.70. The number of fused-ring (bicyclic) bond motifs is 1. The molecule has 3 unspecified atom stereocenters. The van der Waals surface area contributed by atoms with Crippen LogP contribution in [0.3, 0.4) is 0 Å². The van der Waals surface area contributed by atoms with E-state index in [0.29, 0.717) is 17.5 Å². The number of likely N-dealkylation sites (tertiary alicyclic amines) is 1. The van der Waals surface area contributed by atoms with E-state index in [4.69, 9.17) is 13.9 Å². The summed E-state index contributed by atoms with van der Waals surface area (Å²) in [7, 11) is 1.79. The fourth-order valence-electron chi connectivity index (χ4n) is 5.30. The van der Waals surface area contributed by atoms with Crippen LogP contribution in [0.15, 0.2) is 23.0 Å². The van der Waals surface area contributed by atoms with Crippen molar-refractivity contribution < 1.29 is 18.7 Å². The molecule has 144 valence electrons. The Balaban J connectivity index is 1.46. The maximum absolute atomic E-state index is 12.8. The molecule has 0 radical (unpaired) electrons. The molecule has 0 bridgehead atoms. The van der Waals surface area contributed by atoms with Crippen LogP contribution in [0, 0.1) is 11.3 Å². The Kier molecular flexibility index (Phi) is 5.34. The van der Waals surface area contributed by atoms with Crippen LogP contribution in [-0.4, -0.2) is 74.9 Å². The van der Waals surface area contributed by atoms with Gasteiger partial charge >= 0.3 is 0 Å².